The molecular weight excluding hydrogens is 263 g/mol. The van der Waals surface area contributed by atoms with Crippen LogP contribution in [0.25, 0.3) is 6.08 Å². The van der Waals surface area contributed by atoms with Gasteiger partial charge >= 0.3 is 0 Å². The van der Waals surface area contributed by atoms with Crippen LogP contribution in [0.5, 0.6) is 0 Å². The van der Waals surface area contributed by atoms with Gasteiger partial charge in [-0.05, 0) is 49.7 Å². The van der Waals surface area contributed by atoms with Crippen molar-refractivity contribution >= 4 is 6.08 Å². The molecule has 0 aromatic heterocycles. The first-order chi connectivity index (χ1) is 10.1. The van der Waals surface area contributed by atoms with Gasteiger partial charge in [-0.2, -0.15) is 0 Å². The normalized spacial score (nSPS) is 12.6. The number of likely N-dealkylation sites (N-methyl/N-ethyl adjacent to an activating group) is 2. The van der Waals surface area contributed by atoms with Crippen LogP contribution in [0.4, 0.5) is 4.39 Å². The standard InChI is InChI=1S/C18H29FN2/c1-5-8-18(14-20-7-3)21(4)12-11-16-9-10-17(19)13-15(16)6-2/h6,9-10,13,18,20H,2,5,7-8,11-12,14H2,1,3-4H3. The first-order valence-corrected chi connectivity index (χ1v) is 7.94. The van der Waals surface area contributed by atoms with E-state index in [4.69, 9.17) is 0 Å². The fourth-order valence-corrected chi connectivity index (χ4v) is 2.59. The molecule has 3 heteroatoms. The molecule has 1 aromatic carbocycles. The summed E-state index contributed by atoms with van der Waals surface area (Å²) in [5.41, 5.74) is 2.07. The predicted octanol–water partition coefficient (Wildman–Crippen LogP) is 3.72. The maximum atomic E-state index is 13.2. The van der Waals surface area contributed by atoms with Crippen molar-refractivity contribution < 1.29 is 4.39 Å². The van der Waals surface area contributed by atoms with Crippen LogP contribution in [-0.2, 0) is 6.42 Å². The van der Waals surface area contributed by atoms with Gasteiger partial charge in [0.25, 0.3) is 0 Å². The molecule has 1 N–H and O–H groups in total. The van der Waals surface area contributed by atoms with Crippen LogP contribution in [0.1, 0.15) is 37.8 Å². The van der Waals surface area contributed by atoms with Gasteiger partial charge in [-0.1, -0.05) is 39.0 Å². The van der Waals surface area contributed by atoms with Crippen molar-refractivity contribution in [2.45, 2.75) is 39.2 Å². The van der Waals surface area contributed by atoms with Crippen LogP contribution in [-0.4, -0.2) is 37.6 Å². The summed E-state index contributed by atoms with van der Waals surface area (Å²) in [6, 6.07) is 5.52. The molecular formula is C18H29FN2. The van der Waals surface area contributed by atoms with E-state index in [2.05, 4.69) is 37.7 Å². The van der Waals surface area contributed by atoms with E-state index in [0.717, 1.165) is 37.2 Å². The van der Waals surface area contributed by atoms with Crippen molar-refractivity contribution in [3.05, 3.63) is 41.7 Å². The van der Waals surface area contributed by atoms with Gasteiger partial charge in [0, 0.05) is 19.1 Å². The molecule has 0 amide bonds. The van der Waals surface area contributed by atoms with Crippen molar-refractivity contribution in [3.63, 3.8) is 0 Å². The minimum atomic E-state index is -0.196. The Morgan fingerprint density at radius 1 is 1.38 bits per heavy atom. The third kappa shape index (κ3) is 5.98. The average molecular weight is 292 g/mol. The van der Waals surface area contributed by atoms with Gasteiger partial charge in [-0.15, -0.1) is 0 Å². The highest BCUT2D eigenvalue weighted by Crippen LogP contribution is 2.14. The predicted molar refractivity (Wildman–Crippen MR) is 90.1 cm³/mol. The second kappa shape index (κ2) is 9.69. The average Bonchev–Trinajstić information content (AvgIpc) is 2.49. The monoisotopic (exact) mass is 292 g/mol. The molecule has 118 valence electrons. The molecule has 0 heterocycles. The van der Waals surface area contributed by atoms with Crippen LogP contribution in [0.15, 0.2) is 24.8 Å². The Kier molecular flexibility index (Phi) is 8.24. The van der Waals surface area contributed by atoms with Gasteiger partial charge in [0.2, 0.25) is 0 Å². The summed E-state index contributed by atoms with van der Waals surface area (Å²) in [6.07, 6.45) is 5.04. The highest BCUT2D eigenvalue weighted by molar-refractivity contribution is 5.52. The summed E-state index contributed by atoms with van der Waals surface area (Å²) in [5, 5.41) is 3.43. The van der Waals surface area contributed by atoms with Crippen molar-refractivity contribution in [1.82, 2.24) is 10.2 Å². The van der Waals surface area contributed by atoms with Crippen LogP contribution in [0.3, 0.4) is 0 Å². The lowest BCUT2D eigenvalue weighted by Gasteiger charge is -2.28. The number of halogens is 1. The smallest absolute Gasteiger partial charge is 0.123 e. The first-order valence-electron chi connectivity index (χ1n) is 7.94. The SMILES string of the molecule is C=Cc1cc(F)ccc1CCN(C)C(CCC)CNCC. The van der Waals surface area contributed by atoms with E-state index in [1.807, 2.05) is 6.07 Å². The molecule has 0 bridgehead atoms. The number of hydrogen-bond donors (Lipinski definition) is 1. The van der Waals surface area contributed by atoms with Gasteiger partial charge < -0.3 is 10.2 Å². The van der Waals surface area contributed by atoms with Crippen molar-refractivity contribution in [3.8, 4) is 0 Å². The zero-order chi connectivity index (χ0) is 15.7. The molecule has 21 heavy (non-hydrogen) atoms. The fraction of sp³-hybridized carbons (Fsp3) is 0.556. The largest absolute Gasteiger partial charge is 0.315 e. The molecule has 1 rings (SSSR count). The molecule has 1 atom stereocenters. The second-order valence-corrected chi connectivity index (χ2v) is 5.53. The molecule has 0 saturated heterocycles. The maximum absolute atomic E-state index is 13.2. The van der Waals surface area contributed by atoms with Gasteiger partial charge in [0.05, 0.1) is 0 Å². The van der Waals surface area contributed by atoms with Gasteiger partial charge in [-0.25, -0.2) is 4.39 Å². The molecule has 0 saturated carbocycles. The highest BCUT2D eigenvalue weighted by Gasteiger charge is 2.13. The minimum absolute atomic E-state index is 0.196. The highest BCUT2D eigenvalue weighted by atomic mass is 19.1. The fourth-order valence-electron chi connectivity index (χ4n) is 2.59. The summed E-state index contributed by atoms with van der Waals surface area (Å²) in [4.78, 5) is 2.41. The molecule has 0 aliphatic carbocycles. The van der Waals surface area contributed by atoms with E-state index in [1.165, 1.54) is 18.9 Å². The maximum Gasteiger partial charge on any atom is 0.123 e. The molecule has 0 radical (unpaired) electrons. The van der Waals surface area contributed by atoms with Crippen LogP contribution in [0.2, 0.25) is 0 Å². The Hall–Kier alpha value is -1.19. The Morgan fingerprint density at radius 2 is 2.14 bits per heavy atom. The number of hydrogen-bond acceptors (Lipinski definition) is 2. The van der Waals surface area contributed by atoms with E-state index in [9.17, 15) is 4.39 Å². The summed E-state index contributed by atoms with van der Waals surface area (Å²) >= 11 is 0. The molecule has 0 fully saturated rings. The van der Waals surface area contributed by atoms with E-state index < -0.39 is 0 Å². The summed E-state index contributed by atoms with van der Waals surface area (Å²) < 4.78 is 13.2. The van der Waals surface area contributed by atoms with E-state index >= 15 is 0 Å². The molecule has 0 aliphatic rings. The molecule has 0 spiro atoms. The Balaban J connectivity index is 2.61. The van der Waals surface area contributed by atoms with Crippen molar-refractivity contribution in [2.24, 2.45) is 0 Å². The quantitative estimate of drug-likeness (QED) is 0.707. The summed E-state index contributed by atoms with van der Waals surface area (Å²) in [6.45, 7) is 11.1. The third-order valence-electron chi connectivity index (χ3n) is 3.94. The van der Waals surface area contributed by atoms with E-state index in [1.54, 1.807) is 12.1 Å². The van der Waals surface area contributed by atoms with Crippen molar-refractivity contribution in [2.75, 3.05) is 26.7 Å². The summed E-state index contributed by atoms with van der Waals surface area (Å²) in [5.74, 6) is -0.196. The first kappa shape index (κ1) is 17.9. The lowest BCUT2D eigenvalue weighted by Crippen LogP contribution is -2.41. The topological polar surface area (TPSA) is 15.3 Å². The molecule has 0 aliphatic heterocycles. The number of nitrogens with zero attached hydrogens (tertiary/aromatic N) is 1. The van der Waals surface area contributed by atoms with Crippen LogP contribution in [0, 0.1) is 5.82 Å². The number of nitrogens with one attached hydrogen (secondary N) is 1. The van der Waals surface area contributed by atoms with Crippen LogP contribution < -0.4 is 5.32 Å². The second-order valence-electron chi connectivity index (χ2n) is 5.53. The Bertz CT molecular complexity index is 431. The van der Waals surface area contributed by atoms with Gasteiger partial charge in [0.15, 0.2) is 0 Å². The summed E-state index contributed by atoms with van der Waals surface area (Å²) in [7, 11) is 2.18. The molecule has 2 nitrogen and oxygen atoms in total. The molecule has 1 unspecified atom stereocenters. The van der Waals surface area contributed by atoms with Gasteiger partial charge in [-0.3, -0.25) is 0 Å². The third-order valence-corrected chi connectivity index (χ3v) is 3.94. The molecule has 1 aromatic rings. The number of rotatable bonds is 10. The number of benzene rings is 1. The minimum Gasteiger partial charge on any atom is -0.315 e. The van der Waals surface area contributed by atoms with E-state index in [-0.39, 0.29) is 5.82 Å². The van der Waals surface area contributed by atoms with Crippen molar-refractivity contribution in [1.29, 1.82) is 0 Å². The van der Waals surface area contributed by atoms with Crippen LogP contribution >= 0.6 is 0 Å². The lowest BCUT2D eigenvalue weighted by atomic mass is 10.0. The Labute approximate surface area is 129 Å². The Morgan fingerprint density at radius 3 is 2.76 bits per heavy atom. The van der Waals surface area contributed by atoms with E-state index in [0.29, 0.717) is 6.04 Å². The lowest BCUT2D eigenvalue weighted by molar-refractivity contribution is 0.226. The zero-order valence-electron chi connectivity index (χ0n) is 13.7. The van der Waals surface area contributed by atoms with Gasteiger partial charge in [0.1, 0.15) is 5.82 Å². The zero-order valence-corrected chi connectivity index (χ0v) is 13.7.